The second kappa shape index (κ2) is 94.8. The zero-order chi connectivity index (χ0) is 100.0. The predicted octanol–water partition coefficient (Wildman–Crippen LogP) is 39.6. The number of ether oxygens (including phenoxy) is 3. The van der Waals surface area contributed by atoms with E-state index in [1.165, 1.54) is 47.1 Å². The molecule has 0 saturated carbocycles. The number of halogens is 15. The lowest BCUT2D eigenvalue weighted by atomic mass is 9.92. The van der Waals surface area contributed by atoms with Crippen LogP contribution in [0.15, 0.2) is 12.2 Å². The molecule has 0 spiro atoms. The van der Waals surface area contributed by atoms with Gasteiger partial charge in [0.05, 0.1) is 11.7 Å². The van der Waals surface area contributed by atoms with Gasteiger partial charge >= 0.3 is 31.1 Å². The molecule has 0 aromatic carbocycles. The number of alkyl halides is 15. The van der Waals surface area contributed by atoms with E-state index in [1.54, 1.807) is 21.0 Å². The Kier molecular flexibility index (Phi) is 136. The first kappa shape index (κ1) is 164. The van der Waals surface area contributed by atoms with Gasteiger partial charge in [-0.05, 0) is 181 Å². The summed E-state index contributed by atoms with van der Waals surface area (Å²) in [5, 5.41) is 0. The van der Waals surface area contributed by atoms with E-state index in [4.69, 9.17) is 4.74 Å². The van der Waals surface area contributed by atoms with Crippen LogP contribution in [-0.2, 0) is 14.2 Å². The summed E-state index contributed by atoms with van der Waals surface area (Å²) < 4.78 is 190. The van der Waals surface area contributed by atoms with Crippen LogP contribution in [0, 0.1) is 124 Å². The van der Waals surface area contributed by atoms with Crippen molar-refractivity contribution in [3.8, 4) is 0 Å². The minimum atomic E-state index is -4.75. The second-order valence-corrected chi connectivity index (χ2v) is 41.1. The number of allylic oxidation sites excluding steroid dienone is 1. The summed E-state index contributed by atoms with van der Waals surface area (Å²) in [7, 11) is 2.83. The number of hydrogen-bond donors (Lipinski definition) is 0. The first-order valence-electron chi connectivity index (χ1n) is 43.4. The second-order valence-electron chi connectivity index (χ2n) is 41.1. The summed E-state index contributed by atoms with van der Waals surface area (Å²) >= 11 is 0. The van der Waals surface area contributed by atoms with Crippen LogP contribution < -0.4 is 0 Å². The number of rotatable bonds is 12. The molecule has 18 heteroatoms. The first-order chi connectivity index (χ1) is 49.7. The third-order valence-corrected chi connectivity index (χ3v) is 12.0. The van der Waals surface area contributed by atoms with Crippen LogP contribution in [0.2, 0.25) is 0 Å². The zero-order valence-corrected chi connectivity index (χ0v) is 89.4. The van der Waals surface area contributed by atoms with E-state index in [-0.39, 0.29) is 11.5 Å². The van der Waals surface area contributed by atoms with Crippen molar-refractivity contribution < 1.29 is 80.1 Å². The van der Waals surface area contributed by atoms with Crippen molar-refractivity contribution in [2.24, 2.45) is 124 Å². The van der Waals surface area contributed by atoms with E-state index in [2.05, 4.69) is 341 Å². The van der Waals surface area contributed by atoms with Gasteiger partial charge in [0.15, 0.2) is 5.60 Å². The van der Waals surface area contributed by atoms with E-state index in [0.29, 0.717) is 18.8 Å². The summed E-state index contributed by atoms with van der Waals surface area (Å²) in [6, 6.07) is 0. The van der Waals surface area contributed by atoms with Gasteiger partial charge < -0.3 is 14.2 Å². The molecule has 0 bridgehead atoms. The van der Waals surface area contributed by atoms with Crippen molar-refractivity contribution in [1.29, 1.82) is 0 Å². The maximum Gasteiger partial charge on any atom is 0.422 e. The number of methoxy groups -OCH3 is 2. The van der Waals surface area contributed by atoms with Crippen LogP contribution in [0.1, 0.15) is 429 Å². The first-order valence-corrected chi connectivity index (χ1v) is 43.4. The van der Waals surface area contributed by atoms with Gasteiger partial charge in [0.25, 0.3) is 0 Å². The van der Waals surface area contributed by atoms with Gasteiger partial charge in [0.2, 0.25) is 5.67 Å². The van der Waals surface area contributed by atoms with Gasteiger partial charge in [-0.1, -0.05) is 379 Å². The summed E-state index contributed by atoms with van der Waals surface area (Å²) in [4.78, 5) is 0. The Hall–Kier alpha value is -1.43. The molecule has 2 unspecified atom stereocenters. The molecule has 0 heterocycles. The number of hydrogen-bond acceptors (Lipinski definition) is 3. The monoisotopic (exact) mass is 1720 g/mol. The largest absolute Gasteiger partial charge is 0.422 e. The molecule has 0 aliphatic rings. The van der Waals surface area contributed by atoms with Gasteiger partial charge in [0.1, 0.15) is 5.67 Å². The van der Waals surface area contributed by atoms with E-state index >= 15 is 0 Å². The van der Waals surface area contributed by atoms with Gasteiger partial charge in [-0.3, -0.25) is 0 Å². The van der Waals surface area contributed by atoms with Crippen molar-refractivity contribution in [3.05, 3.63) is 12.2 Å². The van der Waals surface area contributed by atoms with Crippen LogP contribution in [0.5, 0.6) is 0 Å². The van der Waals surface area contributed by atoms with Crippen molar-refractivity contribution in [3.63, 3.8) is 0 Å². The summed E-state index contributed by atoms with van der Waals surface area (Å²) in [5.74, 6) is 11.1. The molecule has 0 aliphatic carbocycles. The third kappa shape index (κ3) is 241. The van der Waals surface area contributed by atoms with Crippen molar-refractivity contribution >= 4 is 0 Å². The molecule has 0 aromatic rings. The quantitative estimate of drug-likeness (QED) is 0.144. The van der Waals surface area contributed by atoms with E-state index in [1.807, 2.05) is 20.8 Å². The Labute approximate surface area is 716 Å². The van der Waals surface area contributed by atoms with Crippen LogP contribution in [0.4, 0.5) is 65.9 Å². The average molecular weight is 1720 g/mol. The normalized spacial score (nSPS) is 12.1. The molecule has 3 nitrogen and oxygen atoms in total. The summed E-state index contributed by atoms with van der Waals surface area (Å²) in [6.45, 7) is 127. The van der Waals surface area contributed by atoms with Crippen LogP contribution >= 0.6 is 0 Å². The van der Waals surface area contributed by atoms with Crippen molar-refractivity contribution in [1.82, 2.24) is 0 Å². The molecule has 0 fully saturated rings. The zero-order valence-electron chi connectivity index (χ0n) is 89.4. The lowest BCUT2D eigenvalue weighted by Gasteiger charge is -2.34. The SMILES string of the molecule is C=C(C)C(C)C.CC(C)C.CC(C)C.CC(C)C.CC(C)C.CC(C)C.CC(C)C.CC(C)C.CC(C)C.CC(C)C.CC(C)C.CC(C)C.CC(C)C(C)(C)F.CC(C)C(C)(F)C(F)(F)F.CC(C)C(C)C.CC(C)C(C)C.CC(C)C(F)(F)F.CC(C)OC(F)(F)C(F)F.COC(C)(C(C)C)C(F)(F)F.COC(C)(C)C(C)C. The highest BCUT2D eigenvalue weighted by atomic mass is 19.4. The molecule has 115 heavy (non-hydrogen) atoms. The fourth-order valence-corrected chi connectivity index (χ4v) is 1.61. The van der Waals surface area contributed by atoms with Crippen LogP contribution in [0.3, 0.4) is 0 Å². The van der Waals surface area contributed by atoms with E-state index in [9.17, 15) is 65.9 Å². The molecule has 0 aliphatic heterocycles. The van der Waals surface area contributed by atoms with Crippen LogP contribution in [0.25, 0.3) is 0 Å². The van der Waals surface area contributed by atoms with Crippen LogP contribution in [-0.4, -0.2) is 73.9 Å². The Morgan fingerprint density at radius 2 is 0.417 bits per heavy atom. The summed E-state index contributed by atoms with van der Waals surface area (Å²) in [5.41, 5.74) is -4.78. The fourth-order valence-electron chi connectivity index (χ4n) is 1.61. The molecule has 2 atom stereocenters. The Bertz CT molecular complexity index is 1550. The third-order valence-electron chi connectivity index (χ3n) is 12.0. The van der Waals surface area contributed by atoms with Crippen molar-refractivity contribution in [2.75, 3.05) is 14.2 Å². The maximum atomic E-state index is 12.6. The Morgan fingerprint density at radius 3 is 0.426 bits per heavy atom. The lowest BCUT2D eigenvalue weighted by molar-refractivity contribution is -0.313. The Morgan fingerprint density at radius 1 is 0.261 bits per heavy atom. The Balaban J connectivity index is -0.0000000464. The molecule has 0 amide bonds. The minimum absolute atomic E-state index is 0.0417. The highest BCUT2D eigenvalue weighted by Gasteiger charge is 2.54. The topological polar surface area (TPSA) is 27.7 Å². The fraction of sp³-hybridized carbons (Fsp3) is 0.979. The molecule has 0 rings (SSSR count). The molecule has 0 saturated heterocycles. The predicted molar refractivity (Wildman–Crippen MR) is 495 cm³/mol. The smallest absolute Gasteiger partial charge is 0.379 e. The van der Waals surface area contributed by atoms with Crippen molar-refractivity contribution in [2.45, 2.75) is 489 Å². The standard InChI is InChI=1S/C7H13F3O.C7H16O.C6H10F4.C6H13F.2C6H14.C6H12.C5H8F4O.C4H7F3.11C4H10/c1-5(2)6(3,11-4)7(8,9)10;1-6(2)7(3,4)8-5;1-4(2)5(3,7)6(8,9)10;1-5(2)6(3,4)7;3*1-5(2)6(3)4;1-3(2)10-5(8,9)4(6)7;1-3(2)4(5,6)7;11*1-4(2)3/h5H,1-4H3;6H,1-5H3;4H,1-3H3;5H,1-4H3;2*5-6H,1-4H3;6H,1H2,2-4H3;3-4H,1-2H3;3H,1-2H3;11*4H,1-3H3. The van der Waals surface area contributed by atoms with E-state index < -0.39 is 71.9 Å². The molecule has 728 valence electrons. The van der Waals surface area contributed by atoms with Gasteiger partial charge in [-0.15, -0.1) is 0 Å². The average Bonchev–Trinajstić information content (AvgIpc) is 0.818. The van der Waals surface area contributed by atoms with E-state index in [0.717, 1.165) is 117 Å². The summed E-state index contributed by atoms with van der Waals surface area (Å²) in [6.07, 6.45) is -22.0. The molecule has 0 radical (unpaired) electrons. The molecule has 0 aromatic heterocycles. The maximum absolute atomic E-state index is 12.6. The minimum Gasteiger partial charge on any atom is -0.379 e. The molecular weight excluding hydrogens is 1500 g/mol. The van der Waals surface area contributed by atoms with Gasteiger partial charge in [0, 0.05) is 20.1 Å². The lowest BCUT2D eigenvalue weighted by Crippen LogP contribution is -2.48. The highest BCUT2D eigenvalue weighted by Crippen LogP contribution is 2.40. The highest BCUT2D eigenvalue weighted by molar-refractivity contribution is 4.91. The van der Waals surface area contributed by atoms with Gasteiger partial charge in [-0.25, -0.2) is 17.6 Å². The van der Waals surface area contributed by atoms with Gasteiger partial charge in [-0.2, -0.15) is 48.3 Å². The molecular formula is C97H217F15O3. The molecule has 0 N–H and O–H groups in total.